The van der Waals surface area contributed by atoms with Gasteiger partial charge in [0.25, 0.3) is 0 Å². The van der Waals surface area contributed by atoms with Crippen molar-refractivity contribution in [3.63, 3.8) is 0 Å². The molecule has 0 saturated carbocycles. The van der Waals surface area contributed by atoms with Gasteiger partial charge in [0, 0.05) is 36.1 Å². The fraction of sp³-hybridized carbons (Fsp3) is 0.455. The van der Waals surface area contributed by atoms with Crippen molar-refractivity contribution in [2.24, 2.45) is 5.92 Å². The van der Waals surface area contributed by atoms with Gasteiger partial charge >= 0.3 is 0 Å². The summed E-state index contributed by atoms with van der Waals surface area (Å²) >= 11 is 1.66. The molecule has 6 heteroatoms. The summed E-state index contributed by atoms with van der Waals surface area (Å²) < 4.78 is 7.94. The van der Waals surface area contributed by atoms with Crippen molar-refractivity contribution in [3.05, 3.63) is 52.8 Å². The van der Waals surface area contributed by atoms with Crippen LogP contribution in [0.4, 0.5) is 0 Å². The van der Waals surface area contributed by atoms with E-state index in [-0.39, 0.29) is 17.8 Å². The van der Waals surface area contributed by atoms with Gasteiger partial charge in [-0.1, -0.05) is 12.1 Å². The Labute approximate surface area is 170 Å². The van der Waals surface area contributed by atoms with Gasteiger partial charge in [-0.25, -0.2) is 4.98 Å². The zero-order valence-electron chi connectivity index (χ0n) is 16.7. The molecule has 0 aliphatic carbocycles. The van der Waals surface area contributed by atoms with Crippen molar-refractivity contribution < 1.29 is 9.53 Å². The summed E-state index contributed by atoms with van der Waals surface area (Å²) in [6.45, 7) is 8.72. The maximum Gasteiger partial charge on any atom is 0.194 e. The lowest BCUT2D eigenvalue weighted by Crippen LogP contribution is -2.38. The number of likely N-dealkylation sites (tertiary alicyclic amines) is 1. The highest BCUT2D eigenvalue weighted by Crippen LogP contribution is 2.26. The minimum atomic E-state index is 0.0363. The number of imidazole rings is 1. The number of hydrogen-bond acceptors (Lipinski definition) is 5. The molecule has 2 aromatic heterocycles. The lowest BCUT2D eigenvalue weighted by Gasteiger charge is -2.32. The molecule has 1 aliphatic heterocycles. The van der Waals surface area contributed by atoms with Crippen molar-refractivity contribution in [2.75, 3.05) is 13.1 Å². The van der Waals surface area contributed by atoms with Crippen molar-refractivity contribution in [1.82, 2.24) is 14.3 Å². The van der Waals surface area contributed by atoms with Crippen LogP contribution >= 0.6 is 11.3 Å². The van der Waals surface area contributed by atoms with Crippen molar-refractivity contribution in [1.29, 1.82) is 0 Å². The summed E-state index contributed by atoms with van der Waals surface area (Å²) in [7, 11) is 0. The van der Waals surface area contributed by atoms with Gasteiger partial charge in [0.1, 0.15) is 5.75 Å². The Hall–Kier alpha value is -2.18. The Morgan fingerprint density at radius 2 is 2.25 bits per heavy atom. The topological polar surface area (TPSA) is 46.8 Å². The third kappa shape index (κ3) is 3.98. The highest BCUT2D eigenvalue weighted by Gasteiger charge is 2.28. The standard InChI is InChI=1S/C22H27N3O2S/c1-15(2)27-19-8-4-6-17(12-19)21(26)18-7-5-9-24(13-18)14-20-16(3)23-22-25(20)10-11-28-22/h4,6,8,10-12,15,18H,5,7,9,13-14H2,1-3H3. The summed E-state index contributed by atoms with van der Waals surface area (Å²) in [6.07, 6.45) is 4.18. The van der Waals surface area contributed by atoms with E-state index in [1.807, 2.05) is 38.1 Å². The van der Waals surface area contributed by atoms with Gasteiger partial charge in [-0.3, -0.25) is 14.1 Å². The van der Waals surface area contributed by atoms with Crippen LogP contribution in [0.15, 0.2) is 35.8 Å². The molecule has 0 amide bonds. The van der Waals surface area contributed by atoms with E-state index in [1.165, 1.54) is 5.69 Å². The summed E-state index contributed by atoms with van der Waals surface area (Å²) in [5.74, 6) is 1.03. The average Bonchev–Trinajstić information content (AvgIpc) is 3.23. The number of thiazole rings is 1. The molecule has 1 fully saturated rings. The van der Waals surface area contributed by atoms with Crippen LogP contribution < -0.4 is 4.74 Å². The largest absolute Gasteiger partial charge is 0.491 e. The number of ether oxygens (including phenoxy) is 1. The molecule has 4 rings (SSSR count). The highest BCUT2D eigenvalue weighted by molar-refractivity contribution is 7.15. The van der Waals surface area contributed by atoms with E-state index in [0.717, 1.165) is 54.4 Å². The molecular formula is C22H27N3O2S. The Bertz CT molecular complexity index is 975. The van der Waals surface area contributed by atoms with Crippen LogP contribution in [-0.4, -0.2) is 39.3 Å². The smallest absolute Gasteiger partial charge is 0.194 e. The molecule has 5 nitrogen and oxygen atoms in total. The number of Topliss-reactive ketones (excluding diaryl/α,β-unsaturated/α-hetero) is 1. The van der Waals surface area contributed by atoms with Crippen LogP contribution in [0.1, 0.15) is 48.4 Å². The summed E-state index contributed by atoms with van der Waals surface area (Å²) in [5, 5.41) is 2.07. The number of carbonyl (C=O) groups is 1. The van der Waals surface area contributed by atoms with Gasteiger partial charge in [0.2, 0.25) is 0 Å². The predicted molar refractivity (Wildman–Crippen MR) is 112 cm³/mol. The van der Waals surface area contributed by atoms with E-state index in [9.17, 15) is 4.79 Å². The fourth-order valence-corrected chi connectivity index (χ4v) is 4.77. The van der Waals surface area contributed by atoms with Crippen molar-refractivity contribution >= 4 is 22.1 Å². The van der Waals surface area contributed by atoms with E-state index >= 15 is 0 Å². The zero-order valence-corrected chi connectivity index (χ0v) is 17.5. The second-order valence-corrected chi connectivity index (χ2v) is 8.71. The van der Waals surface area contributed by atoms with Gasteiger partial charge in [0.15, 0.2) is 10.7 Å². The number of hydrogen-bond donors (Lipinski definition) is 0. The van der Waals surface area contributed by atoms with Gasteiger partial charge in [0.05, 0.1) is 17.5 Å². The number of carbonyl (C=O) groups excluding carboxylic acids is 1. The number of ketones is 1. The second kappa shape index (κ2) is 8.05. The maximum absolute atomic E-state index is 13.1. The molecule has 148 valence electrons. The quantitative estimate of drug-likeness (QED) is 0.571. The maximum atomic E-state index is 13.1. The highest BCUT2D eigenvalue weighted by atomic mass is 32.1. The Morgan fingerprint density at radius 1 is 1.39 bits per heavy atom. The van der Waals surface area contributed by atoms with E-state index in [0.29, 0.717) is 0 Å². The monoisotopic (exact) mass is 397 g/mol. The number of nitrogens with zero attached hydrogens (tertiary/aromatic N) is 3. The van der Waals surface area contributed by atoms with Crippen LogP contribution in [0.2, 0.25) is 0 Å². The fourth-order valence-electron chi connectivity index (χ4n) is 3.99. The molecule has 0 bridgehead atoms. The molecule has 0 spiro atoms. The first-order valence-corrected chi connectivity index (χ1v) is 10.8. The lowest BCUT2D eigenvalue weighted by molar-refractivity contribution is 0.0809. The minimum Gasteiger partial charge on any atom is -0.491 e. The number of benzene rings is 1. The van der Waals surface area contributed by atoms with E-state index in [4.69, 9.17) is 4.74 Å². The van der Waals surface area contributed by atoms with E-state index < -0.39 is 0 Å². The number of piperidine rings is 1. The first kappa shape index (κ1) is 19.2. The van der Waals surface area contributed by atoms with Crippen molar-refractivity contribution in [3.8, 4) is 5.75 Å². The van der Waals surface area contributed by atoms with Crippen LogP contribution in [0.5, 0.6) is 5.75 Å². The molecule has 1 aliphatic rings. The van der Waals surface area contributed by atoms with Gasteiger partial charge in [-0.05, 0) is 52.3 Å². The average molecular weight is 398 g/mol. The van der Waals surface area contributed by atoms with Crippen LogP contribution in [0, 0.1) is 12.8 Å². The lowest BCUT2D eigenvalue weighted by atomic mass is 9.90. The molecule has 3 heterocycles. The Kier molecular flexibility index (Phi) is 5.51. The number of aryl methyl sites for hydroxylation is 1. The van der Waals surface area contributed by atoms with Crippen LogP contribution in [0.3, 0.4) is 0 Å². The van der Waals surface area contributed by atoms with Crippen LogP contribution in [0.25, 0.3) is 4.96 Å². The zero-order chi connectivity index (χ0) is 19.7. The molecule has 1 aromatic carbocycles. The second-order valence-electron chi connectivity index (χ2n) is 7.83. The molecule has 0 N–H and O–H groups in total. The molecule has 3 aromatic rings. The number of rotatable bonds is 6. The van der Waals surface area contributed by atoms with Gasteiger partial charge in [-0.15, -0.1) is 11.3 Å². The van der Waals surface area contributed by atoms with E-state index in [1.54, 1.807) is 11.3 Å². The summed E-state index contributed by atoms with van der Waals surface area (Å²) in [6, 6.07) is 7.62. The molecule has 1 unspecified atom stereocenters. The predicted octanol–water partition coefficient (Wildman–Crippen LogP) is 4.59. The summed E-state index contributed by atoms with van der Waals surface area (Å²) in [5.41, 5.74) is 3.07. The van der Waals surface area contributed by atoms with Crippen LogP contribution in [-0.2, 0) is 6.54 Å². The van der Waals surface area contributed by atoms with E-state index in [2.05, 4.69) is 32.8 Å². The molecule has 1 atom stereocenters. The molecular weight excluding hydrogens is 370 g/mol. The SMILES string of the molecule is Cc1nc2sccn2c1CN1CCCC(C(=O)c2cccc(OC(C)C)c2)C1. The normalized spacial score (nSPS) is 18.1. The van der Waals surface area contributed by atoms with Gasteiger partial charge in [-0.2, -0.15) is 0 Å². The molecule has 1 saturated heterocycles. The Balaban J connectivity index is 1.47. The minimum absolute atomic E-state index is 0.0363. The molecule has 0 radical (unpaired) electrons. The van der Waals surface area contributed by atoms with Crippen molar-refractivity contribution in [2.45, 2.75) is 46.3 Å². The third-order valence-corrected chi connectivity index (χ3v) is 6.06. The number of aromatic nitrogens is 2. The first-order chi connectivity index (χ1) is 13.5. The Morgan fingerprint density at radius 3 is 3.07 bits per heavy atom. The summed E-state index contributed by atoms with van der Waals surface area (Å²) in [4.78, 5) is 21.2. The number of fused-ring (bicyclic) bond motifs is 1. The molecule has 28 heavy (non-hydrogen) atoms. The van der Waals surface area contributed by atoms with Gasteiger partial charge < -0.3 is 4.74 Å². The first-order valence-electron chi connectivity index (χ1n) is 9.95. The third-order valence-electron chi connectivity index (χ3n) is 5.30.